The Morgan fingerprint density at radius 2 is 1.89 bits per heavy atom. The minimum absolute atomic E-state index is 0.0469. The lowest BCUT2D eigenvalue weighted by molar-refractivity contribution is -0.127. The van der Waals surface area contributed by atoms with Crippen molar-refractivity contribution in [2.45, 2.75) is 51.6 Å². The van der Waals surface area contributed by atoms with Crippen molar-refractivity contribution < 1.29 is 4.79 Å². The summed E-state index contributed by atoms with van der Waals surface area (Å²) in [6, 6.07) is 0.548. The van der Waals surface area contributed by atoms with Crippen LogP contribution in [0, 0.1) is 5.92 Å². The highest BCUT2D eigenvalue weighted by Gasteiger charge is 2.36. The number of carbonyl (C=O) groups is 1. The van der Waals surface area contributed by atoms with Gasteiger partial charge in [0.1, 0.15) is 0 Å². The predicted molar refractivity (Wildman–Crippen MR) is 76.4 cm³/mol. The fraction of sp³-hybridized carbons (Fsp3) is 0.929. The van der Waals surface area contributed by atoms with E-state index < -0.39 is 0 Å². The number of hydrogen-bond acceptors (Lipinski definition) is 4. The van der Waals surface area contributed by atoms with Gasteiger partial charge in [-0.05, 0) is 38.3 Å². The molecule has 2 rings (SSSR count). The molecule has 2 heterocycles. The van der Waals surface area contributed by atoms with Gasteiger partial charge in [0.25, 0.3) is 5.91 Å². The van der Waals surface area contributed by atoms with Crippen LogP contribution in [-0.4, -0.2) is 54.0 Å². The van der Waals surface area contributed by atoms with Crippen LogP contribution in [0.4, 0.5) is 0 Å². The number of nitrogens with zero attached hydrogens (tertiary/aromatic N) is 2. The Hall–Kier alpha value is -0.650. The standard InChI is InChI=1S/C14H28N4O/c1-11(2)13(14(19)16-15)18-9-6-12(10-18)17-7-4-3-5-8-17/h11-13H,3-10,15H2,1-2H3,(H,16,19). The Morgan fingerprint density at radius 1 is 1.21 bits per heavy atom. The first-order chi connectivity index (χ1) is 9.13. The average Bonchev–Trinajstić information content (AvgIpc) is 2.88. The van der Waals surface area contributed by atoms with Crippen LogP contribution in [0.1, 0.15) is 39.5 Å². The highest BCUT2D eigenvalue weighted by Crippen LogP contribution is 2.24. The van der Waals surface area contributed by atoms with Crippen molar-refractivity contribution in [2.75, 3.05) is 26.2 Å². The van der Waals surface area contributed by atoms with Gasteiger partial charge < -0.3 is 0 Å². The molecule has 3 N–H and O–H groups in total. The Bertz CT molecular complexity index is 302. The van der Waals surface area contributed by atoms with E-state index in [1.165, 1.54) is 38.8 Å². The quantitative estimate of drug-likeness (QED) is 0.444. The van der Waals surface area contributed by atoms with Crippen LogP contribution >= 0.6 is 0 Å². The molecule has 5 nitrogen and oxygen atoms in total. The molecule has 110 valence electrons. The third kappa shape index (κ3) is 3.46. The van der Waals surface area contributed by atoms with Gasteiger partial charge in [0.15, 0.2) is 0 Å². The van der Waals surface area contributed by atoms with Crippen LogP contribution in [0.3, 0.4) is 0 Å². The summed E-state index contributed by atoms with van der Waals surface area (Å²) < 4.78 is 0. The van der Waals surface area contributed by atoms with Gasteiger partial charge in [0, 0.05) is 19.1 Å². The zero-order valence-corrected chi connectivity index (χ0v) is 12.3. The van der Waals surface area contributed by atoms with Gasteiger partial charge in [0.05, 0.1) is 6.04 Å². The Kier molecular flexibility index (Phi) is 5.19. The van der Waals surface area contributed by atoms with Crippen LogP contribution in [0.2, 0.25) is 0 Å². The smallest absolute Gasteiger partial charge is 0.251 e. The molecular formula is C14H28N4O. The minimum Gasteiger partial charge on any atom is -0.299 e. The molecule has 0 saturated carbocycles. The van der Waals surface area contributed by atoms with Gasteiger partial charge in [-0.15, -0.1) is 0 Å². The van der Waals surface area contributed by atoms with E-state index in [-0.39, 0.29) is 11.9 Å². The molecule has 2 aliphatic rings. The second-order valence-corrected chi connectivity index (χ2v) is 6.23. The third-order valence-electron chi connectivity index (χ3n) is 4.54. The Labute approximate surface area is 116 Å². The number of hydrazine groups is 1. The summed E-state index contributed by atoms with van der Waals surface area (Å²) in [5, 5.41) is 0. The average molecular weight is 268 g/mol. The molecular weight excluding hydrogens is 240 g/mol. The number of nitrogens with two attached hydrogens (primary N) is 1. The fourth-order valence-corrected chi connectivity index (χ4v) is 3.58. The monoisotopic (exact) mass is 268 g/mol. The van der Waals surface area contributed by atoms with Gasteiger partial charge in [-0.1, -0.05) is 20.3 Å². The van der Waals surface area contributed by atoms with Crippen molar-refractivity contribution in [3.8, 4) is 0 Å². The molecule has 0 aliphatic carbocycles. The minimum atomic E-state index is -0.0835. The number of nitrogens with one attached hydrogen (secondary N) is 1. The van der Waals surface area contributed by atoms with Crippen molar-refractivity contribution in [1.82, 2.24) is 15.2 Å². The molecule has 0 aromatic carbocycles. The van der Waals surface area contributed by atoms with E-state index in [9.17, 15) is 4.79 Å². The molecule has 2 aliphatic heterocycles. The topological polar surface area (TPSA) is 61.6 Å². The van der Waals surface area contributed by atoms with E-state index in [2.05, 4.69) is 29.1 Å². The normalized spacial score (nSPS) is 27.7. The molecule has 2 atom stereocenters. The summed E-state index contributed by atoms with van der Waals surface area (Å²) in [6.45, 7) is 8.66. The van der Waals surface area contributed by atoms with Crippen molar-refractivity contribution in [3.63, 3.8) is 0 Å². The highest BCUT2D eigenvalue weighted by molar-refractivity contribution is 5.81. The zero-order valence-electron chi connectivity index (χ0n) is 12.3. The van der Waals surface area contributed by atoms with E-state index >= 15 is 0 Å². The molecule has 0 radical (unpaired) electrons. The number of amides is 1. The third-order valence-corrected chi connectivity index (χ3v) is 4.54. The summed E-state index contributed by atoms with van der Waals surface area (Å²) in [5.41, 5.74) is 2.32. The Balaban J connectivity index is 1.93. The molecule has 0 spiro atoms. The summed E-state index contributed by atoms with van der Waals surface area (Å²) in [4.78, 5) is 16.9. The molecule has 0 aromatic heterocycles. The van der Waals surface area contributed by atoms with E-state index in [1.807, 2.05) is 0 Å². The van der Waals surface area contributed by atoms with Crippen LogP contribution in [0.25, 0.3) is 0 Å². The van der Waals surface area contributed by atoms with E-state index in [0.29, 0.717) is 12.0 Å². The number of piperidine rings is 1. The number of rotatable bonds is 4. The molecule has 1 amide bonds. The highest BCUT2D eigenvalue weighted by atomic mass is 16.2. The largest absolute Gasteiger partial charge is 0.299 e. The van der Waals surface area contributed by atoms with E-state index in [1.54, 1.807) is 0 Å². The molecule has 2 fully saturated rings. The zero-order chi connectivity index (χ0) is 13.8. The molecule has 5 heteroatoms. The second-order valence-electron chi connectivity index (χ2n) is 6.23. The molecule has 0 aromatic rings. The first-order valence-corrected chi connectivity index (χ1v) is 7.62. The Morgan fingerprint density at radius 3 is 2.47 bits per heavy atom. The summed E-state index contributed by atoms with van der Waals surface area (Å²) in [7, 11) is 0. The number of hydrogen-bond donors (Lipinski definition) is 2. The maximum atomic E-state index is 11.9. The predicted octanol–water partition coefficient (Wildman–Crippen LogP) is 0.561. The first kappa shape index (κ1) is 14.8. The maximum Gasteiger partial charge on any atom is 0.251 e. The molecule has 0 bridgehead atoms. The fourth-order valence-electron chi connectivity index (χ4n) is 3.58. The molecule has 2 unspecified atom stereocenters. The lowest BCUT2D eigenvalue weighted by Crippen LogP contribution is -2.52. The van der Waals surface area contributed by atoms with Crippen LogP contribution in [0.5, 0.6) is 0 Å². The first-order valence-electron chi connectivity index (χ1n) is 7.62. The van der Waals surface area contributed by atoms with Gasteiger partial charge in [-0.2, -0.15) is 0 Å². The van der Waals surface area contributed by atoms with E-state index in [4.69, 9.17) is 5.84 Å². The van der Waals surface area contributed by atoms with Crippen LogP contribution in [0.15, 0.2) is 0 Å². The van der Waals surface area contributed by atoms with Crippen molar-refractivity contribution in [3.05, 3.63) is 0 Å². The molecule has 19 heavy (non-hydrogen) atoms. The summed E-state index contributed by atoms with van der Waals surface area (Å²) in [6.07, 6.45) is 5.21. The summed E-state index contributed by atoms with van der Waals surface area (Å²) >= 11 is 0. The van der Waals surface area contributed by atoms with Gasteiger partial charge in [-0.3, -0.25) is 20.0 Å². The van der Waals surface area contributed by atoms with Crippen LogP contribution < -0.4 is 11.3 Å². The lowest BCUT2D eigenvalue weighted by atomic mass is 10.0. The van der Waals surface area contributed by atoms with Gasteiger partial charge >= 0.3 is 0 Å². The van der Waals surface area contributed by atoms with Crippen molar-refractivity contribution >= 4 is 5.91 Å². The molecule has 2 saturated heterocycles. The van der Waals surface area contributed by atoms with Crippen molar-refractivity contribution in [1.29, 1.82) is 0 Å². The SMILES string of the molecule is CC(C)C(C(=O)NN)N1CCC(N2CCCCC2)C1. The number of carbonyl (C=O) groups excluding carboxylic acids is 1. The van der Waals surface area contributed by atoms with Gasteiger partial charge in [0.2, 0.25) is 0 Å². The van der Waals surface area contributed by atoms with Gasteiger partial charge in [-0.25, -0.2) is 5.84 Å². The second kappa shape index (κ2) is 6.68. The van der Waals surface area contributed by atoms with Crippen molar-refractivity contribution in [2.24, 2.45) is 11.8 Å². The lowest BCUT2D eigenvalue weighted by Gasteiger charge is -2.34. The maximum absolute atomic E-state index is 11.9. The van der Waals surface area contributed by atoms with Crippen LogP contribution in [-0.2, 0) is 4.79 Å². The number of likely N-dealkylation sites (tertiary alicyclic amines) is 2. The van der Waals surface area contributed by atoms with E-state index in [0.717, 1.165) is 13.1 Å². The summed E-state index contributed by atoms with van der Waals surface area (Å²) in [5.74, 6) is 5.57.